The van der Waals surface area contributed by atoms with Crippen molar-refractivity contribution in [1.82, 2.24) is 0 Å². The third-order valence-electron chi connectivity index (χ3n) is 9.28. The Bertz CT molecular complexity index is 2370. The quantitative estimate of drug-likeness (QED) is 0.163. The maximum Gasteiger partial charge on any atom is 0.148 e. The van der Waals surface area contributed by atoms with Crippen molar-refractivity contribution in [2.45, 2.75) is 0 Å². The van der Waals surface area contributed by atoms with Gasteiger partial charge >= 0.3 is 0 Å². The molecule has 0 aromatic heterocycles. The molecule has 0 fully saturated rings. The van der Waals surface area contributed by atoms with E-state index >= 15 is 0 Å². The molecule has 0 saturated heterocycles. The summed E-state index contributed by atoms with van der Waals surface area (Å²) < 4.78 is 26.7. The number of hydrogen-bond acceptors (Lipinski definition) is 6. The van der Waals surface area contributed by atoms with Gasteiger partial charge in [0.1, 0.15) is 46.0 Å². The van der Waals surface area contributed by atoms with Crippen molar-refractivity contribution in [3.05, 3.63) is 108 Å². The molecule has 1 aliphatic carbocycles. The fourth-order valence-electron chi connectivity index (χ4n) is 7.49. The predicted octanol–water partition coefficient (Wildman–Crippen LogP) is 7.26. The second-order valence-electron chi connectivity index (χ2n) is 11.5. The average Bonchev–Trinajstić information content (AvgIpc) is 3.45. The summed E-state index contributed by atoms with van der Waals surface area (Å²) in [6.45, 7) is 0. The first-order valence-electron chi connectivity index (χ1n) is 14.3. The monoisotopic (exact) mass is 640 g/mol. The van der Waals surface area contributed by atoms with Gasteiger partial charge in [-0.05, 0) is 71.8 Å². The van der Waals surface area contributed by atoms with Crippen LogP contribution in [0.5, 0.6) is 46.0 Å². The molecule has 5 aliphatic rings. The van der Waals surface area contributed by atoms with Gasteiger partial charge < -0.3 is 18.9 Å². The molecule has 0 spiro atoms. The van der Waals surface area contributed by atoms with Crippen LogP contribution >= 0.6 is 12.1 Å². The van der Waals surface area contributed by atoms with Crippen LogP contribution < -0.4 is 50.8 Å². The maximum absolute atomic E-state index is 6.95. The molecule has 8 heteroatoms. The summed E-state index contributed by atoms with van der Waals surface area (Å²) in [6, 6.07) is 27.7. The van der Waals surface area contributed by atoms with E-state index in [2.05, 4.69) is 36.4 Å². The molecule has 4 aliphatic heterocycles. The molecule has 44 heavy (non-hydrogen) atoms. The van der Waals surface area contributed by atoms with Gasteiger partial charge in [-0.25, -0.2) is 0 Å². The lowest BCUT2D eigenvalue weighted by Crippen LogP contribution is -2.36. The highest BCUT2D eigenvalue weighted by Crippen LogP contribution is 2.64. The Balaban J connectivity index is 1.31. The molecule has 0 amide bonds. The number of para-hydroxylation sites is 2. The second-order valence-corrected chi connectivity index (χ2v) is 20.0. The third-order valence-corrected chi connectivity index (χ3v) is 19.0. The highest BCUT2D eigenvalue weighted by atomic mass is 32.4. The van der Waals surface area contributed by atoms with Gasteiger partial charge in [0.05, 0.1) is 28.1 Å². The molecule has 4 heterocycles. The third kappa shape index (κ3) is 2.66. The van der Waals surface area contributed by atoms with E-state index in [4.69, 9.17) is 42.6 Å². The van der Waals surface area contributed by atoms with Gasteiger partial charge in [0.2, 0.25) is 0 Å². The Morgan fingerprint density at radius 3 is 1.30 bits per heavy atom. The minimum Gasteiger partial charge on any atom is -0.456 e. The van der Waals surface area contributed by atoms with Crippen LogP contribution in [0.4, 0.5) is 0 Å². The van der Waals surface area contributed by atoms with E-state index in [-0.39, 0.29) is 0 Å². The van der Waals surface area contributed by atoms with Crippen LogP contribution in [0.25, 0.3) is 22.9 Å². The van der Waals surface area contributed by atoms with Gasteiger partial charge in [-0.3, -0.25) is 0 Å². The topological polar surface area (TPSA) is 36.9 Å². The standard InChI is InChI=1S/C36H18O4P2S2/c43-41-27-13-3-1-7-21(27)37-23-9-5-11-25(35(23)41)39-33-29(41)17-19-15-16-20-18-30-34(32(33)31(19)20)40-26-12-6-10-24-36(26)42(30,44)28-14-4-2-8-22(28)38-24/h1-18H. The highest BCUT2D eigenvalue weighted by Gasteiger charge is 2.47. The summed E-state index contributed by atoms with van der Waals surface area (Å²) in [5, 5.41) is 8.10. The van der Waals surface area contributed by atoms with Gasteiger partial charge in [-0.2, -0.15) is 0 Å². The number of ether oxygens (including phenoxy) is 4. The molecule has 4 nitrogen and oxygen atoms in total. The van der Waals surface area contributed by atoms with Crippen molar-refractivity contribution in [2.24, 2.45) is 0 Å². The largest absolute Gasteiger partial charge is 0.456 e. The van der Waals surface area contributed by atoms with Gasteiger partial charge in [-0.1, -0.05) is 72.2 Å². The van der Waals surface area contributed by atoms with Crippen molar-refractivity contribution in [2.75, 3.05) is 0 Å². The molecule has 208 valence electrons. The first-order valence-corrected chi connectivity index (χ1v) is 19.9. The lowest BCUT2D eigenvalue weighted by molar-refractivity contribution is 0.461. The molecule has 0 saturated carbocycles. The smallest absolute Gasteiger partial charge is 0.148 e. The fourth-order valence-corrected chi connectivity index (χ4v) is 16.5. The van der Waals surface area contributed by atoms with E-state index in [1.165, 1.54) is 0 Å². The van der Waals surface area contributed by atoms with E-state index in [0.717, 1.165) is 99.7 Å². The van der Waals surface area contributed by atoms with Gasteiger partial charge in [-0.15, -0.1) is 0 Å². The summed E-state index contributed by atoms with van der Waals surface area (Å²) in [4.78, 5) is 0. The molecule has 6 aromatic carbocycles. The van der Waals surface area contributed by atoms with Gasteiger partial charge in [0.15, 0.2) is 0 Å². The summed E-state index contributed by atoms with van der Waals surface area (Å²) in [5.74, 6) is 6.16. The average molecular weight is 641 g/mol. The molecule has 11 rings (SSSR count). The minimum atomic E-state index is -2.57. The maximum atomic E-state index is 6.95. The Morgan fingerprint density at radius 2 is 0.818 bits per heavy atom. The second kappa shape index (κ2) is 7.90. The molecule has 6 aromatic rings. The summed E-state index contributed by atoms with van der Waals surface area (Å²) in [6.07, 6.45) is 4.37. The molecule has 0 radical (unpaired) electrons. The van der Waals surface area contributed by atoms with E-state index in [1.54, 1.807) is 0 Å². The number of hydrogen-bond donors (Lipinski definition) is 0. The molecule has 0 bridgehead atoms. The molecular weight excluding hydrogens is 622 g/mol. The molecule has 0 N–H and O–H groups in total. The number of fused-ring (bicyclic) bond motifs is 10. The van der Waals surface area contributed by atoms with Gasteiger partial charge in [0.25, 0.3) is 0 Å². The van der Waals surface area contributed by atoms with E-state index in [9.17, 15) is 0 Å². The van der Waals surface area contributed by atoms with Crippen molar-refractivity contribution in [3.63, 3.8) is 0 Å². The molecular formula is C36H18O4P2S2. The van der Waals surface area contributed by atoms with Crippen LogP contribution in [0.3, 0.4) is 0 Å². The van der Waals surface area contributed by atoms with Gasteiger partial charge in [0, 0.05) is 26.6 Å². The fraction of sp³-hybridized carbons (Fsp3) is 0. The Labute approximate surface area is 262 Å². The minimum absolute atomic E-state index is 0.742. The van der Waals surface area contributed by atoms with Crippen LogP contribution in [0, 0.1) is 0 Å². The van der Waals surface area contributed by atoms with Crippen LogP contribution in [0.1, 0.15) is 11.1 Å². The van der Waals surface area contributed by atoms with Crippen molar-refractivity contribution >= 4 is 90.4 Å². The van der Waals surface area contributed by atoms with Crippen molar-refractivity contribution in [3.8, 4) is 46.0 Å². The zero-order chi connectivity index (χ0) is 28.9. The lowest BCUT2D eigenvalue weighted by Gasteiger charge is -2.40. The number of benzene rings is 6. The summed E-state index contributed by atoms with van der Waals surface area (Å²) in [5.41, 5.74) is 2.23. The summed E-state index contributed by atoms with van der Waals surface area (Å²) >= 11 is 13.7. The predicted molar refractivity (Wildman–Crippen MR) is 185 cm³/mol. The Hall–Kier alpha value is -4.18. The summed E-state index contributed by atoms with van der Waals surface area (Å²) in [7, 11) is 0. The van der Waals surface area contributed by atoms with Crippen LogP contribution in [0.2, 0.25) is 0 Å². The van der Waals surface area contributed by atoms with Crippen molar-refractivity contribution < 1.29 is 18.9 Å². The van der Waals surface area contributed by atoms with E-state index in [1.807, 2.05) is 72.8 Å². The van der Waals surface area contributed by atoms with Crippen LogP contribution in [-0.4, -0.2) is 0 Å². The Kier molecular flexibility index (Phi) is 4.34. The first kappa shape index (κ1) is 24.2. The highest BCUT2D eigenvalue weighted by molar-refractivity contribution is 8.26. The zero-order valence-corrected chi connectivity index (χ0v) is 26.2. The van der Waals surface area contributed by atoms with E-state index in [0.29, 0.717) is 0 Å². The molecule has 2 unspecified atom stereocenters. The zero-order valence-electron chi connectivity index (χ0n) is 22.7. The first-order chi connectivity index (χ1) is 21.5. The van der Waals surface area contributed by atoms with Crippen LogP contribution in [-0.2, 0) is 23.6 Å². The van der Waals surface area contributed by atoms with Crippen molar-refractivity contribution in [1.29, 1.82) is 0 Å². The number of rotatable bonds is 0. The normalized spacial score (nSPS) is 21.3. The van der Waals surface area contributed by atoms with E-state index < -0.39 is 12.1 Å². The molecule has 2 atom stereocenters. The Morgan fingerprint density at radius 1 is 0.409 bits per heavy atom. The SMILES string of the molecule is S=P12c3ccccc3Oc3cccc(c31)Oc1c2cc2c3c(cc4c(c13)Oc1cccc3c1P4(=S)c1ccccc1O3)C=C2. The van der Waals surface area contributed by atoms with Crippen LogP contribution in [0.15, 0.2) is 97.1 Å². The lowest BCUT2D eigenvalue weighted by atomic mass is 10.0.